The van der Waals surface area contributed by atoms with E-state index in [-0.39, 0.29) is 6.04 Å². The summed E-state index contributed by atoms with van der Waals surface area (Å²) in [6.45, 7) is 4.04. The van der Waals surface area contributed by atoms with Crippen LogP contribution in [0.4, 0.5) is 10.6 Å². The van der Waals surface area contributed by atoms with E-state index in [2.05, 4.69) is 15.1 Å². The molecular formula is C13H17ClN4O2. The summed E-state index contributed by atoms with van der Waals surface area (Å²) in [4.78, 5) is 14.9. The highest BCUT2D eigenvalue weighted by molar-refractivity contribution is 6.29. The van der Waals surface area contributed by atoms with E-state index in [4.69, 9.17) is 16.7 Å². The van der Waals surface area contributed by atoms with E-state index < -0.39 is 6.09 Å². The molecular weight excluding hydrogens is 280 g/mol. The SMILES string of the molecule is Cc1cc(Cl)nnc1N1CCC2CCN(C(=O)O)CC21. The molecule has 1 aromatic rings. The van der Waals surface area contributed by atoms with Gasteiger partial charge >= 0.3 is 6.09 Å². The lowest BCUT2D eigenvalue weighted by atomic mass is 9.92. The number of fused-ring (bicyclic) bond motifs is 1. The molecule has 3 heterocycles. The van der Waals surface area contributed by atoms with Crippen LogP contribution in [0.1, 0.15) is 18.4 Å². The molecule has 0 spiro atoms. The first-order chi connectivity index (χ1) is 9.56. The van der Waals surface area contributed by atoms with Crippen molar-refractivity contribution in [3.8, 4) is 0 Å². The van der Waals surface area contributed by atoms with E-state index in [9.17, 15) is 4.79 Å². The van der Waals surface area contributed by atoms with Gasteiger partial charge in [0.2, 0.25) is 0 Å². The zero-order valence-electron chi connectivity index (χ0n) is 11.3. The fourth-order valence-corrected chi connectivity index (χ4v) is 3.51. The van der Waals surface area contributed by atoms with E-state index in [0.29, 0.717) is 24.2 Å². The Hall–Kier alpha value is -1.56. The van der Waals surface area contributed by atoms with E-state index in [1.54, 1.807) is 6.07 Å². The fourth-order valence-electron chi connectivity index (χ4n) is 3.31. The zero-order valence-corrected chi connectivity index (χ0v) is 12.0. The second-order valence-electron chi connectivity index (χ2n) is 5.50. The van der Waals surface area contributed by atoms with Crippen molar-refractivity contribution >= 4 is 23.5 Å². The first kappa shape index (κ1) is 13.4. The van der Waals surface area contributed by atoms with Crippen LogP contribution >= 0.6 is 11.6 Å². The third kappa shape index (κ3) is 2.28. The lowest BCUT2D eigenvalue weighted by molar-refractivity contribution is 0.121. The molecule has 2 aliphatic rings. The van der Waals surface area contributed by atoms with Crippen molar-refractivity contribution in [2.24, 2.45) is 5.92 Å². The highest BCUT2D eigenvalue weighted by Crippen LogP contribution is 2.35. The van der Waals surface area contributed by atoms with Gasteiger partial charge in [-0.1, -0.05) is 11.6 Å². The first-order valence-corrected chi connectivity index (χ1v) is 7.18. The summed E-state index contributed by atoms with van der Waals surface area (Å²) in [5, 5.41) is 17.7. The van der Waals surface area contributed by atoms with Crippen LogP contribution in [0.25, 0.3) is 0 Å². The molecule has 0 aromatic carbocycles. The molecule has 0 saturated carbocycles. The van der Waals surface area contributed by atoms with Crippen LogP contribution in [0.3, 0.4) is 0 Å². The Balaban J connectivity index is 1.85. The molecule has 20 heavy (non-hydrogen) atoms. The minimum Gasteiger partial charge on any atom is -0.465 e. The molecule has 2 saturated heterocycles. The number of anilines is 1. The molecule has 2 unspecified atom stereocenters. The second kappa shape index (κ2) is 5.09. The number of rotatable bonds is 1. The number of aromatic nitrogens is 2. The number of hydrogen-bond acceptors (Lipinski definition) is 4. The number of hydrogen-bond donors (Lipinski definition) is 1. The topological polar surface area (TPSA) is 69.6 Å². The van der Waals surface area contributed by atoms with Crippen LogP contribution in [0.2, 0.25) is 5.15 Å². The molecule has 3 rings (SSSR count). The molecule has 2 aliphatic heterocycles. The highest BCUT2D eigenvalue weighted by atomic mass is 35.5. The Morgan fingerprint density at radius 1 is 1.40 bits per heavy atom. The number of likely N-dealkylation sites (tertiary alicyclic amines) is 1. The molecule has 0 bridgehead atoms. The van der Waals surface area contributed by atoms with E-state index in [1.807, 2.05) is 6.92 Å². The quantitative estimate of drug-likeness (QED) is 0.858. The van der Waals surface area contributed by atoms with Crippen molar-refractivity contribution in [2.45, 2.75) is 25.8 Å². The van der Waals surface area contributed by atoms with Gasteiger partial charge < -0.3 is 14.9 Å². The van der Waals surface area contributed by atoms with Gasteiger partial charge in [-0.05, 0) is 37.3 Å². The summed E-state index contributed by atoms with van der Waals surface area (Å²) in [6, 6.07) is 2.00. The van der Waals surface area contributed by atoms with Gasteiger partial charge in [-0.3, -0.25) is 0 Å². The normalized spacial score (nSPS) is 25.7. The van der Waals surface area contributed by atoms with Crippen LogP contribution in [0.5, 0.6) is 0 Å². The third-order valence-electron chi connectivity index (χ3n) is 4.33. The van der Waals surface area contributed by atoms with Gasteiger partial charge in [0.15, 0.2) is 11.0 Å². The summed E-state index contributed by atoms with van der Waals surface area (Å²) in [7, 11) is 0. The Morgan fingerprint density at radius 3 is 2.85 bits per heavy atom. The largest absolute Gasteiger partial charge is 0.465 e. The summed E-state index contributed by atoms with van der Waals surface area (Å²) < 4.78 is 0. The minimum absolute atomic E-state index is 0.203. The fraction of sp³-hybridized carbons (Fsp3) is 0.615. The Bertz CT molecular complexity index is 539. The van der Waals surface area contributed by atoms with Gasteiger partial charge in [0.05, 0.1) is 6.04 Å². The van der Waals surface area contributed by atoms with Crippen molar-refractivity contribution in [1.29, 1.82) is 0 Å². The number of amides is 1. The standard InChI is InChI=1S/C13H17ClN4O2/c1-8-6-11(14)15-16-12(8)18-5-3-9-2-4-17(13(19)20)7-10(9)18/h6,9-10H,2-5,7H2,1H3,(H,19,20). The maximum atomic E-state index is 11.2. The van der Waals surface area contributed by atoms with Gasteiger partial charge in [-0.25, -0.2) is 4.79 Å². The van der Waals surface area contributed by atoms with Gasteiger partial charge in [-0.15, -0.1) is 10.2 Å². The lowest BCUT2D eigenvalue weighted by Crippen LogP contribution is -2.50. The van der Waals surface area contributed by atoms with Crippen LogP contribution in [-0.4, -0.2) is 52.0 Å². The van der Waals surface area contributed by atoms with Crippen molar-refractivity contribution in [2.75, 3.05) is 24.5 Å². The molecule has 2 fully saturated rings. The first-order valence-electron chi connectivity index (χ1n) is 6.80. The number of carboxylic acid groups (broad SMARTS) is 1. The summed E-state index contributed by atoms with van der Waals surface area (Å²) in [5.41, 5.74) is 0.984. The van der Waals surface area contributed by atoms with Crippen LogP contribution in [-0.2, 0) is 0 Å². The van der Waals surface area contributed by atoms with Crippen molar-refractivity contribution < 1.29 is 9.90 Å². The van der Waals surface area contributed by atoms with Crippen molar-refractivity contribution in [3.63, 3.8) is 0 Å². The number of piperidine rings is 1. The highest BCUT2D eigenvalue weighted by Gasteiger charge is 2.40. The smallest absolute Gasteiger partial charge is 0.407 e. The maximum absolute atomic E-state index is 11.2. The molecule has 7 heteroatoms. The Morgan fingerprint density at radius 2 is 2.15 bits per heavy atom. The summed E-state index contributed by atoms with van der Waals surface area (Å²) in [6.07, 6.45) is 1.17. The maximum Gasteiger partial charge on any atom is 0.407 e. The van der Waals surface area contributed by atoms with Gasteiger partial charge in [0.1, 0.15) is 0 Å². The molecule has 1 amide bonds. The van der Waals surface area contributed by atoms with Gasteiger partial charge in [-0.2, -0.15) is 0 Å². The molecule has 2 atom stereocenters. The van der Waals surface area contributed by atoms with E-state index >= 15 is 0 Å². The minimum atomic E-state index is -0.839. The molecule has 108 valence electrons. The summed E-state index contributed by atoms with van der Waals surface area (Å²) in [5.74, 6) is 1.37. The number of aryl methyl sites for hydroxylation is 1. The monoisotopic (exact) mass is 296 g/mol. The second-order valence-corrected chi connectivity index (χ2v) is 5.89. The molecule has 0 aliphatic carbocycles. The molecule has 1 aromatic heterocycles. The Labute approximate surface area is 122 Å². The van der Waals surface area contributed by atoms with Gasteiger partial charge in [0.25, 0.3) is 0 Å². The van der Waals surface area contributed by atoms with Crippen molar-refractivity contribution in [3.05, 3.63) is 16.8 Å². The number of carbonyl (C=O) groups is 1. The molecule has 1 N–H and O–H groups in total. The zero-order chi connectivity index (χ0) is 14.3. The van der Waals surface area contributed by atoms with Crippen LogP contribution in [0, 0.1) is 12.8 Å². The third-order valence-corrected chi connectivity index (χ3v) is 4.52. The average molecular weight is 297 g/mol. The molecule has 0 radical (unpaired) electrons. The van der Waals surface area contributed by atoms with E-state index in [0.717, 1.165) is 30.8 Å². The lowest BCUT2D eigenvalue weighted by Gasteiger charge is -2.37. The predicted molar refractivity (Wildman–Crippen MR) is 75.2 cm³/mol. The van der Waals surface area contributed by atoms with Crippen molar-refractivity contribution in [1.82, 2.24) is 15.1 Å². The average Bonchev–Trinajstić information content (AvgIpc) is 2.81. The Kier molecular flexibility index (Phi) is 3.41. The molecule has 6 nitrogen and oxygen atoms in total. The van der Waals surface area contributed by atoms with Crippen LogP contribution < -0.4 is 4.90 Å². The summed E-state index contributed by atoms with van der Waals surface area (Å²) >= 11 is 5.85. The number of nitrogens with zero attached hydrogens (tertiary/aromatic N) is 4. The van der Waals surface area contributed by atoms with E-state index in [1.165, 1.54) is 4.90 Å². The van der Waals surface area contributed by atoms with Gasteiger partial charge in [0, 0.05) is 19.6 Å². The number of halogens is 1. The predicted octanol–water partition coefficient (Wildman–Crippen LogP) is 2.02. The van der Waals surface area contributed by atoms with Crippen LogP contribution in [0.15, 0.2) is 6.07 Å².